The number of aromatic nitrogens is 2. The van der Waals surface area contributed by atoms with E-state index in [1.807, 2.05) is 19.1 Å². The summed E-state index contributed by atoms with van der Waals surface area (Å²) in [7, 11) is 0. The summed E-state index contributed by atoms with van der Waals surface area (Å²) in [5, 5.41) is 0. The highest BCUT2D eigenvalue weighted by Gasteiger charge is 2.14. The van der Waals surface area contributed by atoms with Gasteiger partial charge in [0.2, 0.25) is 0 Å². The van der Waals surface area contributed by atoms with E-state index in [0.717, 1.165) is 41.4 Å². The molecule has 96 valence electrons. The summed E-state index contributed by atoms with van der Waals surface area (Å²) in [6.45, 7) is 4.60. The van der Waals surface area contributed by atoms with Crippen molar-refractivity contribution >= 4 is 11.0 Å². The predicted octanol–water partition coefficient (Wildman–Crippen LogP) is 1.91. The number of ether oxygens (including phenoxy) is 3. The van der Waals surface area contributed by atoms with Gasteiger partial charge in [-0.3, -0.25) is 0 Å². The van der Waals surface area contributed by atoms with Gasteiger partial charge in [-0.2, -0.15) is 0 Å². The van der Waals surface area contributed by atoms with Crippen molar-refractivity contribution in [2.24, 2.45) is 0 Å². The van der Waals surface area contributed by atoms with E-state index in [0.29, 0.717) is 19.8 Å². The number of nitrogens with one attached hydrogen (secondary N) is 1. The number of hydrogen-bond acceptors (Lipinski definition) is 4. The van der Waals surface area contributed by atoms with E-state index in [4.69, 9.17) is 14.2 Å². The first-order chi connectivity index (χ1) is 8.86. The minimum absolute atomic E-state index is 0.597. The standard InChI is InChI=1S/C13H16N2O3/c1-2-16-4-3-13-14-9-7-11-12(8-10(9)15-13)18-6-5-17-11/h7-8H,2-6H2,1H3,(H,14,15). The van der Waals surface area contributed by atoms with Crippen LogP contribution in [0.25, 0.3) is 11.0 Å². The molecule has 0 saturated heterocycles. The monoisotopic (exact) mass is 248 g/mol. The number of benzene rings is 1. The van der Waals surface area contributed by atoms with Crippen molar-refractivity contribution in [1.29, 1.82) is 0 Å². The van der Waals surface area contributed by atoms with Crippen molar-refractivity contribution in [3.63, 3.8) is 0 Å². The molecular formula is C13H16N2O3. The van der Waals surface area contributed by atoms with Gasteiger partial charge in [-0.15, -0.1) is 0 Å². The fraction of sp³-hybridized carbons (Fsp3) is 0.462. The molecule has 1 aliphatic rings. The maximum atomic E-state index is 5.54. The van der Waals surface area contributed by atoms with Crippen molar-refractivity contribution < 1.29 is 14.2 Å². The third-order valence-electron chi connectivity index (χ3n) is 2.88. The molecule has 5 heteroatoms. The Morgan fingerprint density at radius 3 is 2.83 bits per heavy atom. The van der Waals surface area contributed by atoms with Crippen LogP contribution >= 0.6 is 0 Å². The number of imidazole rings is 1. The third-order valence-corrected chi connectivity index (χ3v) is 2.88. The lowest BCUT2D eigenvalue weighted by molar-refractivity contribution is 0.149. The van der Waals surface area contributed by atoms with Crippen LogP contribution in [0.2, 0.25) is 0 Å². The summed E-state index contributed by atoms with van der Waals surface area (Å²) < 4.78 is 16.4. The van der Waals surface area contributed by atoms with Crippen LogP contribution in [0.15, 0.2) is 12.1 Å². The van der Waals surface area contributed by atoms with Crippen molar-refractivity contribution in [1.82, 2.24) is 9.97 Å². The Labute approximate surface area is 105 Å². The van der Waals surface area contributed by atoms with Crippen LogP contribution in [0, 0.1) is 0 Å². The SMILES string of the molecule is CCOCCc1nc2cc3c(cc2[nH]1)OCCO3. The third kappa shape index (κ3) is 2.13. The number of rotatable bonds is 4. The minimum atomic E-state index is 0.597. The van der Waals surface area contributed by atoms with Gasteiger partial charge in [-0.05, 0) is 6.92 Å². The summed E-state index contributed by atoms with van der Waals surface area (Å²) in [5.41, 5.74) is 1.89. The molecule has 3 rings (SSSR count). The lowest BCUT2D eigenvalue weighted by Gasteiger charge is -2.17. The van der Waals surface area contributed by atoms with Gasteiger partial charge in [0, 0.05) is 25.2 Å². The van der Waals surface area contributed by atoms with Crippen molar-refractivity contribution in [3.8, 4) is 11.5 Å². The normalized spacial score (nSPS) is 14.1. The first-order valence-electron chi connectivity index (χ1n) is 6.23. The molecule has 0 bridgehead atoms. The van der Waals surface area contributed by atoms with Crippen LogP contribution in [0.5, 0.6) is 11.5 Å². The lowest BCUT2D eigenvalue weighted by atomic mass is 10.2. The Balaban J connectivity index is 1.87. The van der Waals surface area contributed by atoms with E-state index in [1.165, 1.54) is 0 Å². The molecule has 0 amide bonds. The largest absolute Gasteiger partial charge is 0.486 e. The van der Waals surface area contributed by atoms with Crippen molar-refractivity contribution in [3.05, 3.63) is 18.0 Å². The number of H-pyrrole nitrogens is 1. The van der Waals surface area contributed by atoms with E-state index < -0.39 is 0 Å². The summed E-state index contributed by atoms with van der Waals surface area (Å²) in [6.07, 6.45) is 0.787. The first-order valence-corrected chi connectivity index (χ1v) is 6.23. The highest BCUT2D eigenvalue weighted by atomic mass is 16.6. The summed E-state index contributed by atoms with van der Waals surface area (Å²) >= 11 is 0. The molecule has 5 nitrogen and oxygen atoms in total. The van der Waals surface area contributed by atoms with Crippen LogP contribution in [0.1, 0.15) is 12.7 Å². The van der Waals surface area contributed by atoms with Gasteiger partial charge in [-0.25, -0.2) is 4.98 Å². The van der Waals surface area contributed by atoms with Crippen LogP contribution in [-0.2, 0) is 11.2 Å². The number of aromatic amines is 1. The highest BCUT2D eigenvalue weighted by Crippen LogP contribution is 2.33. The zero-order chi connectivity index (χ0) is 12.4. The second kappa shape index (κ2) is 4.86. The summed E-state index contributed by atoms with van der Waals surface area (Å²) in [5.74, 6) is 2.49. The molecule has 0 spiro atoms. The van der Waals surface area contributed by atoms with Crippen molar-refractivity contribution in [2.45, 2.75) is 13.3 Å². The topological polar surface area (TPSA) is 56.4 Å². The number of hydrogen-bond donors (Lipinski definition) is 1. The lowest BCUT2D eigenvalue weighted by Crippen LogP contribution is -2.15. The smallest absolute Gasteiger partial charge is 0.163 e. The van der Waals surface area contributed by atoms with E-state index in [9.17, 15) is 0 Å². The molecular weight excluding hydrogens is 232 g/mol. The average molecular weight is 248 g/mol. The predicted molar refractivity (Wildman–Crippen MR) is 67.3 cm³/mol. The Morgan fingerprint density at radius 1 is 1.28 bits per heavy atom. The van der Waals surface area contributed by atoms with E-state index in [-0.39, 0.29) is 0 Å². The molecule has 1 aromatic heterocycles. The van der Waals surface area contributed by atoms with Gasteiger partial charge >= 0.3 is 0 Å². The van der Waals surface area contributed by atoms with Crippen LogP contribution in [0.3, 0.4) is 0 Å². The minimum Gasteiger partial charge on any atom is -0.486 e. The molecule has 1 aromatic carbocycles. The van der Waals surface area contributed by atoms with Crippen molar-refractivity contribution in [2.75, 3.05) is 26.4 Å². The Hall–Kier alpha value is -1.75. The maximum absolute atomic E-state index is 5.54. The maximum Gasteiger partial charge on any atom is 0.163 e. The molecule has 0 saturated carbocycles. The van der Waals surface area contributed by atoms with E-state index in [2.05, 4.69) is 9.97 Å². The Morgan fingerprint density at radius 2 is 2.06 bits per heavy atom. The molecule has 18 heavy (non-hydrogen) atoms. The Bertz CT molecular complexity index is 507. The fourth-order valence-corrected chi connectivity index (χ4v) is 2.03. The van der Waals surface area contributed by atoms with E-state index in [1.54, 1.807) is 0 Å². The zero-order valence-corrected chi connectivity index (χ0v) is 10.4. The second-order valence-corrected chi connectivity index (χ2v) is 4.14. The molecule has 0 fully saturated rings. The summed E-state index contributed by atoms with van der Waals surface area (Å²) in [4.78, 5) is 7.80. The number of nitrogens with zero attached hydrogens (tertiary/aromatic N) is 1. The molecule has 1 N–H and O–H groups in total. The fourth-order valence-electron chi connectivity index (χ4n) is 2.03. The molecule has 2 heterocycles. The van der Waals surface area contributed by atoms with Gasteiger partial charge in [0.15, 0.2) is 11.5 Å². The van der Waals surface area contributed by atoms with E-state index >= 15 is 0 Å². The Kier molecular flexibility index (Phi) is 3.06. The molecule has 1 aliphatic heterocycles. The quantitative estimate of drug-likeness (QED) is 0.840. The van der Waals surface area contributed by atoms with Gasteiger partial charge < -0.3 is 19.2 Å². The second-order valence-electron chi connectivity index (χ2n) is 4.14. The van der Waals surface area contributed by atoms with Crippen LogP contribution < -0.4 is 9.47 Å². The highest BCUT2D eigenvalue weighted by molar-refractivity contribution is 5.79. The molecule has 0 radical (unpaired) electrons. The number of fused-ring (bicyclic) bond motifs is 2. The summed E-state index contributed by atoms with van der Waals surface area (Å²) in [6, 6.07) is 3.87. The molecule has 0 atom stereocenters. The molecule has 0 unspecified atom stereocenters. The van der Waals surface area contributed by atoms with Gasteiger partial charge in [-0.1, -0.05) is 0 Å². The molecule has 2 aromatic rings. The zero-order valence-electron chi connectivity index (χ0n) is 10.4. The van der Waals surface area contributed by atoms with Crippen LogP contribution in [-0.4, -0.2) is 36.4 Å². The van der Waals surface area contributed by atoms with Gasteiger partial charge in [0.1, 0.15) is 19.0 Å². The van der Waals surface area contributed by atoms with Gasteiger partial charge in [0.05, 0.1) is 17.6 Å². The first kappa shape index (κ1) is 11.3. The average Bonchev–Trinajstić information content (AvgIpc) is 2.77. The van der Waals surface area contributed by atoms with Crippen LogP contribution in [0.4, 0.5) is 0 Å². The van der Waals surface area contributed by atoms with Gasteiger partial charge in [0.25, 0.3) is 0 Å². The molecule has 0 aliphatic carbocycles.